The summed E-state index contributed by atoms with van der Waals surface area (Å²) >= 11 is 0. The average molecular weight is 273 g/mol. The van der Waals surface area contributed by atoms with Gasteiger partial charge in [0.2, 0.25) is 0 Å². The molecule has 1 aromatic rings. The molecule has 0 saturated heterocycles. The third kappa shape index (κ3) is 1.96. The predicted octanol–water partition coefficient (Wildman–Crippen LogP) is 3.75. The summed E-state index contributed by atoms with van der Waals surface area (Å²) in [4.78, 5) is 0. The third-order valence-electron chi connectivity index (χ3n) is 5.51. The van der Waals surface area contributed by atoms with Crippen LogP contribution in [0, 0.1) is 11.3 Å². The van der Waals surface area contributed by atoms with Crippen LogP contribution in [0.25, 0.3) is 0 Å². The number of aryl methyl sites for hydroxylation is 1. The molecule has 0 bridgehead atoms. The van der Waals surface area contributed by atoms with E-state index in [9.17, 15) is 0 Å². The summed E-state index contributed by atoms with van der Waals surface area (Å²) in [5, 5.41) is 3.79. The Bertz CT molecular complexity index is 494. The highest BCUT2D eigenvalue weighted by molar-refractivity contribution is 5.43. The molecule has 2 heteroatoms. The van der Waals surface area contributed by atoms with E-state index in [1.54, 1.807) is 12.7 Å². The number of nitrogens with one attached hydrogen (secondary N) is 1. The first-order chi connectivity index (χ1) is 9.59. The highest BCUT2D eigenvalue weighted by atomic mass is 16.5. The van der Waals surface area contributed by atoms with Crippen LogP contribution in [-0.4, -0.2) is 19.7 Å². The van der Waals surface area contributed by atoms with Crippen molar-refractivity contribution in [2.24, 2.45) is 11.3 Å². The first-order valence-electron chi connectivity index (χ1n) is 7.99. The fourth-order valence-electron chi connectivity index (χ4n) is 4.60. The Morgan fingerprint density at radius 3 is 2.85 bits per heavy atom. The lowest BCUT2D eigenvalue weighted by Crippen LogP contribution is -2.63. The Morgan fingerprint density at radius 1 is 1.35 bits per heavy atom. The van der Waals surface area contributed by atoms with E-state index >= 15 is 0 Å². The molecule has 1 fully saturated rings. The van der Waals surface area contributed by atoms with Crippen LogP contribution in [0.2, 0.25) is 0 Å². The van der Waals surface area contributed by atoms with Crippen LogP contribution in [0.5, 0.6) is 5.75 Å². The van der Waals surface area contributed by atoms with Crippen molar-refractivity contribution in [3.05, 3.63) is 29.3 Å². The van der Waals surface area contributed by atoms with E-state index in [0.717, 1.165) is 18.2 Å². The molecule has 1 N–H and O–H groups in total. The number of ether oxygens (including phenoxy) is 1. The molecule has 0 aromatic heterocycles. The molecule has 0 spiro atoms. The topological polar surface area (TPSA) is 21.3 Å². The number of hydrogen-bond acceptors (Lipinski definition) is 2. The lowest BCUT2D eigenvalue weighted by molar-refractivity contribution is -0.0215. The van der Waals surface area contributed by atoms with Crippen LogP contribution < -0.4 is 10.1 Å². The van der Waals surface area contributed by atoms with E-state index in [-0.39, 0.29) is 0 Å². The Kier molecular flexibility index (Phi) is 3.53. The molecule has 0 heterocycles. The minimum atomic E-state index is 0.365. The van der Waals surface area contributed by atoms with Crippen molar-refractivity contribution in [1.29, 1.82) is 0 Å². The monoisotopic (exact) mass is 273 g/mol. The molecule has 2 nitrogen and oxygen atoms in total. The lowest BCUT2D eigenvalue weighted by atomic mass is 9.46. The van der Waals surface area contributed by atoms with Crippen LogP contribution in [0.3, 0.4) is 0 Å². The number of rotatable bonds is 4. The number of fused-ring (bicyclic) bond motifs is 3. The first-order valence-corrected chi connectivity index (χ1v) is 7.99. The molecule has 1 aromatic carbocycles. The zero-order valence-corrected chi connectivity index (χ0v) is 13.2. The molecular formula is C18H27NO. The minimum Gasteiger partial charge on any atom is -0.497 e. The predicted molar refractivity (Wildman–Crippen MR) is 83.4 cm³/mol. The number of benzene rings is 1. The molecule has 3 rings (SSSR count). The van der Waals surface area contributed by atoms with Gasteiger partial charge in [-0.05, 0) is 66.3 Å². The molecule has 0 amide bonds. The second-order valence-electron chi connectivity index (χ2n) is 7.00. The highest BCUT2D eigenvalue weighted by Crippen LogP contribution is 2.61. The summed E-state index contributed by atoms with van der Waals surface area (Å²) in [5.41, 5.74) is 3.44. The molecule has 3 atom stereocenters. The summed E-state index contributed by atoms with van der Waals surface area (Å²) in [7, 11) is 1.76. The Balaban J connectivity index is 1.87. The van der Waals surface area contributed by atoms with E-state index in [1.165, 1.54) is 24.8 Å². The zero-order chi connectivity index (χ0) is 14.3. The van der Waals surface area contributed by atoms with Gasteiger partial charge >= 0.3 is 0 Å². The first kappa shape index (κ1) is 13.9. The smallest absolute Gasteiger partial charge is 0.119 e. The van der Waals surface area contributed by atoms with E-state index in [1.807, 2.05) is 0 Å². The van der Waals surface area contributed by atoms with Gasteiger partial charge in [-0.1, -0.05) is 26.8 Å². The van der Waals surface area contributed by atoms with Crippen molar-refractivity contribution in [3.63, 3.8) is 0 Å². The number of hydrogen-bond donors (Lipinski definition) is 1. The minimum absolute atomic E-state index is 0.365. The molecule has 110 valence electrons. The average Bonchev–Trinajstić information content (AvgIpc) is 2.45. The molecule has 1 saturated carbocycles. The maximum Gasteiger partial charge on any atom is 0.119 e. The van der Waals surface area contributed by atoms with Crippen molar-refractivity contribution >= 4 is 0 Å². The van der Waals surface area contributed by atoms with Crippen molar-refractivity contribution in [2.75, 3.05) is 13.7 Å². The van der Waals surface area contributed by atoms with Gasteiger partial charge in [0.1, 0.15) is 5.75 Å². The quantitative estimate of drug-likeness (QED) is 0.902. The summed E-state index contributed by atoms with van der Waals surface area (Å²) < 4.78 is 5.37. The van der Waals surface area contributed by atoms with E-state index in [0.29, 0.717) is 17.4 Å². The molecule has 20 heavy (non-hydrogen) atoms. The van der Waals surface area contributed by atoms with Gasteiger partial charge in [0, 0.05) is 6.04 Å². The van der Waals surface area contributed by atoms with Crippen LogP contribution in [0.1, 0.15) is 50.7 Å². The van der Waals surface area contributed by atoms with Gasteiger partial charge in [0.05, 0.1) is 7.11 Å². The number of methoxy groups -OCH3 is 1. The van der Waals surface area contributed by atoms with E-state index < -0.39 is 0 Å². The van der Waals surface area contributed by atoms with Gasteiger partial charge in [-0.25, -0.2) is 0 Å². The van der Waals surface area contributed by atoms with Gasteiger partial charge in [0.15, 0.2) is 0 Å². The molecule has 3 unspecified atom stereocenters. The maximum atomic E-state index is 5.37. The van der Waals surface area contributed by atoms with Crippen LogP contribution >= 0.6 is 0 Å². The second-order valence-corrected chi connectivity index (χ2v) is 7.00. The normalized spacial score (nSPS) is 30.1. The van der Waals surface area contributed by atoms with Crippen LogP contribution in [0.4, 0.5) is 0 Å². The standard InChI is InChI=1S/C18H27NO/c1-5-10-19-17-15-8-6-12-11-13(20-4)7-9-14(12)16(15)18(17,2)3/h7,9,11,15-17,19H,5-6,8,10H2,1-4H3. The summed E-state index contributed by atoms with van der Waals surface area (Å²) in [6.07, 6.45) is 3.74. The van der Waals surface area contributed by atoms with Gasteiger partial charge < -0.3 is 10.1 Å². The zero-order valence-electron chi connectivity index (χ0n) is 13.2. The third-order valence-corrected chi connectivity index (χ3v) is 5.51. The van der Waals surface area contributed by atoms with Crippen molar-refractivity contribution in [2.45, 2.75) is 52.0 Å². The van der Waals surface area contributed by atoms with Crippen molar-refractivity contribution in [3.8, 4) is 5.75 Å². The molecular weight excluding hydrogens is 246 g/mol. The van der Waals surface area contributed by atoms with Crippen molar-refractivity contribution in [1.82, 2.24) is 5.32 Å². The Morgan fingerprint density at radius 2 is 2.15 bits per heavy atom. The van der Waals surface area contributed by atoms with Gasteiger partial charge in [-0.2, -0.15) is 0 Å². The molecule has 2 aliphatic carbocycles. The summed E-state index contributed by atoms with van der Waals surface area (Å²) in [5.74, 6) is 2.53. The van der Waals surface area contributed by atoms with Gasteiger partial charge in [0.25, 0.3) is 0 Å². The SMILES string of the molecule is CCCNC1C2CCc3cc(OC)ccc3C2C1(C)C. The molecule has 0 aliphatic heterocycles. The Labute approximate surface area is 122 Å². The van der Waals surface area contributed by atoms with Gasteiger partial charge in [-0.3, -0.25) is 0 Å². The fourth-order valence-corrected chi connectivity index (χ4v) is 4.60. The summed E-state index contributed by atoms with van der Waals surface area (Å²) in [6, 6.07) is 7.36. The maximum absolute atomic E-state index is 5.37. The van der Waals surface area contributed by atoms with Gasteiger partial charge in [-0.15, -0.1) is 0 Å². The van der Waals surface area contributed by atoms with E-state index in [4.69, 9.17) is 4.74 Å². The van der Waals surface area contributed by atoms with Crippen LogP contribution in [-0.2, 0) is 6.42 Å². The Hall–Kier alpha value is -1.02. The van der Waals surface area contributed by atoms with E-state index in [2.05, 4.69) is 44.3 Å². The summed E-state index contributed by atoms with van der Waals surface area (Å²) in [6.45, 7) is 8.26. The molecule has 2 aliphatic rings. The van der Waals surface area contributed by atoms with Crippen molar-refractivity contribution < 1.29 is 4.74 Å². The largest absolute Gasteiger partial charge is 0.497 e. The van der Waals surface area contributed by atoms with Crippen LogP contribution in [0.15, 0.2) is 18.2 Å². The lowest BCUT2D eigenvalue weighted by Gasteiger charge is -2.61. The molecule has 0 radical (unpaired) electrons. The second kappa shape index (κ2) is 5.07. The fraction of sp³-hybridized carbons (Fsp3) is 0.667. The highest BCUT2D eigenvalue weighted by Gasteiger charge is 2.57.